The Morgan fingerprint density at radius 3 is 2.53 bits per heavy atom. The Morgan fingerprint density at radius 2 is 1.81 bits per heavy atom. The van der Waals surface area contributed by atoms with E-state index in [4.69, 9.17) is 22.4 Å². The van der Waals surface area contributed by atoms with Gasteiger partial charge in [-0.2, -0.15) is 10.1 Å². The Labute approximate surface area is 210 Å². The standard InChI is InChI=1S/C25H23ClN8O2/c1-24(2)13-32(19-17-16(29-23(27)30-19)9-11-28-20(17)35)25(24,3)22-31-33-12-10-15(26)18(33)21(36)34(22)14-7-5-4-6-8-14/h4-12H,13H2,1-3H3,(H,28,35)(H2,27,29,30)/t25-/m1/s1. The summed E-state index contributed by atoms with van der Waals surface area (Å²) >= 11 is 6.38. The third-order valence-electron chi connectivity index (χ3n) is 7.37. The first-order valence-corrected chi connectivity index (χ1v) is 11.8. The van der Waals surface area contributed by atoms with Crippen molar-refractivity contribution in [3.05, 3.63) is 86.4 Å². The number of nitrogens with two attached hydrogens (primary N) is 1. The van der Waals surface area contributed by atoms with Crippen molar-refractivity contribution in [1.29, 1.82) is 0 Å². The number of pyridine rings is 1. The molecule has 1 aliphatic heterocycles. The fourth-order valence-electron chi connectivity index (χ4n) is 5.14. The summed E-state index contributed by atoms with van der Waals surface area (Å²) in [6.45, 7) is 6.72. The van der Waals surface area contributed by atoms with E-state index in [1.807, 2.05) is 42.2 Å². The van der Waals surface area contributed by atoms with Gasteiger partial charge in [0.2, 0.25) is 5.95 Å². The molecule has 36 heavy (non-hydrogen) atoms. The lowest BCUT2D eigenvalue weighted by Crippen LogP contribution is -2.70. The van der Waals surface area contributed by atoms with E-state index < -0.39 is 5.54 Å². The summed E-state index contributed by atoms with van der Waals surface area (Å²) in [7, 11) is 0. The quantitative estimate of drug-likeness (QED) is 0.388. The van der Waals surface area contributed by atoms with Gasteiger partial charge in [0, 0.05) is 24.4 Å². The van der Waals surface area contributed by atoms with E-state index >= 15 is 0 Å². The van der Waals surface area contributed by atoms with Gasteiger partial charge in [0.15, 0.2) is 5.82 Å². The molecule has 5 heterocycles. The maximum absolute atomic E-state index is 13.9. The Balaban J connectivity index is 1.70. The number of fused-ring (bicyclic) bond motifs is 2. The number of para-hydroxylation sites is 1. The monoisotopic (exact) mass is 502 g/mol. The largest absolute Gasteiger partial charge is 0.368 e. The average Bonchev–Trinajstić information content (AvgIpc) is 3.23. The Bertz CT molecular complexity index is 1790. The number of nitrogens with zero attached hydrogens (tertiary/aromatic N) is 6. The molecule has 0 unspecified atom stereocenters. The molecule has 1 aliphatic rings. The van der Waals surface area contributed by atoms with E-state index in [2.05, 4.69) is 28.8 Å². The van der Waals surface area contributed by atoms with Crippen molar-refractivity contribution >= 4 is 39.8 Å². The molecule has 0 amide bonds. The maximum atomic E-state index is 13.9. The molecule has 0 spiro atoms. The van der Waals surface area contributed by atoms with Crippen LogP contribution in [-0.2, 0) is 5.54 Å². The lowest BCUT2D eigenvalue weighted by atomic mass is 9.63. The molecule has 1 aromatic carbocycles. The van der Waals surface area contributed by atoms with Crippen LogP contribution < -0.4 is 21.8 Å². The topological polar surface area (TPSA) is 127 Å². The van der Waals surface area contributed by atoms with E-state index in [1.165, 1.54) is 10.7 Å². The molecule has 10 nitrogen and oxygen atoms in total. The zero-order chi connectivity index (χ0) is 25.4. The van der Waals surface area contributed by atoms with Crippen LogP contribution in [-0.4, -0.2) is 35.7 Å². The van der Waals surface area contributed by atoms with Crippen LogP contribution in [0.1, 0.15) is 26.6 Å². The molecular weight excluding hydrogens is 480 g/mol. The number of benzene rings is 1. The highest BCUT2D eigenvalue weighted by Crippen LogP contribution is 2.55. The highest BCUT2D eigenvalue weighted by molar-refractivity contribution is 6.33. The first kappa shape index (κ1) is 22.3. The molecule has 3 N–H and O–H groups in total. The maximum Gasteiger partial charge on any atom is 0.284 e. The lowest BCUT2D eigenvalue weighted by molar-refractivity contribution is 0.0651. The van der Waals surface area contributed by atoms with Gasteiger partial charge in [-0.05, 0) is 31.2 Å². The molecule has 0 radical (unpaired) electrons. The number of hydrogen-bond acceptors (Lipinski definition) is 7. The molecule has 0 saturated carbocycles. The highest BCUT2D eigenvalue weighted by atomic mass is 35.5. The number of nitrogens with one attached hydrogen (secondary N) is 1. The van der Waals surface area contributed by atoms with Crippen LogP contribution in [0.4, 0.5) is 11.8 Å². The van der Waals surface area contributed by atoms with Crippen molar-refractivity contribution in [2.24, 2.45) is 5.41 Å². The van der Waals surface area contributed by atoms with Gasteiger partial charge in [-0.1, -0.05) is 43.6 Å². The predicted octanol–water partition coefficient (Wildman–Crippen LogP) is 3.11. The third kappa shape index (κ3) is 2.87. The number of aromatic nitrogens is 6. The molecule has 6 rings (SSSR count). The predicted molar refractivity (Wildman–Crippen MR) is 139 cm³/mol. The van der Waals surface area contributed by atoms with Gasteiger partial charge in [-0.15, -0.1) is 0 Å². The molecule has 1 saturated heterocycles. The Hall–Kier alpha value is -4.18. The lowest BCUT2D eigenvalue weighted by Gasteiger charge is -2.62. The first-order valence-electron chi connectivity index (χ1n) is 11.4. The summed E-state index contributed by atoms with van der Waals surface area (Å²) in [5.74, 6) is 0.921. The molecular formula is C25H23ClN8O2. The fourth-order valence-corrected chi connectivity index (χ4v) is 5.36. The number of nitrogen functional groups attached to an aromatic ring is 1. The van der Waals surface area contributed by atoms with Crippen molar-refractivity contribution in [2.45, 2.75) is 26.3 Å². The average molecular weight is 503 g/mol. The van der Waals surface area contributed by atoms with Crippen LogP contribution in [0.2, 0.25) is 5.02 Å². The zero-order valence-corrected chi connectivity index (χ0v) is 20.6. The smallest absolute Gasteiger partial charge is 0.284 e. The van der Waals surface area contributed by atoms with E-state index in [9.17, 15) is 9.59 Å². The SMILES string of the molecule is CC1(C)CN(c2nc(N)nc3cc[nH]c(=O)c23)[C@]1(C)c1nn2ccc(Cl)c2c(=O)n1-c1ccccc1. The Kier molecular flexibility index (Phi) is 4.59. The number of aromatic amines is 1. The van der Waals surface area contributed by atoms with Crippen LogP contribution >= 0.6 is 11.6 Å². The van der Waals surface area contributed by atoms with Crippen molar-refractivity contribution < 1.29 is 0 Å². The summed E-state index contributed by atoms with van der Waals surface area (Å²) in [6.07, 6.45) is 3.19. The number of halogens is 1. The van der Waals surface area contributed by atoms with Gasteiger partial charge in [0.25, 0.3) is 11.1 Å². The summed E-state index contributed by atoms with van der Waals surface area (Å²) in [5.41, 5.74) is 5.56. The van der Waals surface area contributed by atoms with Crippen LogP contribution in [0, 0.1) is 5.41 Å². The molecule has 4 aromatic heterocycles. The molecule has 5 aromatic rings. The first-order chi connectivity index (χ1) is 17.1. The fraction of sp³-hybridized carbons (Fsp3) is 0.240. The number of anilines is 2. The molecule has 0 bridgehead atoms. The second-order valence-corrected chi connectivity index (χ2v) is 10.2. The van der Waals surface area contributed by atoms with Crippen molar-refractivity contribution in [3.8, 4) is 5.69 Å². The number of H-pyrrole nitrogens is 1. The van der Waals surface area contributed by atoms with Crippen LogP contribution in [0.15, 0.2) is 64.4 Å². The normalized spacial score (nSPS) is 19.1. The Morgan fingerprint density at radius 1 is 1.06 bits per heavy atom. The van der Waals surface area contributed by atoms with Gasteiger partial charge in [-0.25, -0.2) is 9.50 Å². The number of rotatable bonds is 3. The summed E-state index contributed by atoms with van der Waals surface area (Å²) in [4.78, 5) is 40.2. The van der Waals surface area contributed by atoms with Crippen LogP contribution in [0.25, 0.3) is 22.1 Å². The van der Waals surface area contributed by atoms with Crippen molar-refractivity contribution in [3.63, 3.8) is 0 Å². The summed E-state index contributed by atoms with van der Waals surface area (Å²) in [5, 5.41) is 5.56. The van der Waals surface area contributed by atoms with E-state index in [0.717, 1.165) is 0 Å². The zero-order valence-electron chi connectivity index (χ0n) is 19.9. The summed E-state index contributed by atoms with van der Waals surface area (Å²) in [6, 6.07) is 12.6. The minimum Gasteiger partial charge on any atom is -0.368 e. The van der Waals surface area contributed by atoms with Gasteiger partial charge >= 0.3 is 0 Å². The molecule has 182 valence electrons. The van der Waals surface area contributed by atoms with Gasteiger partial charge < -0.3 is 15.6 Å². The van der Waals surface area contributed by atoms with Crippen molar-refractivity contribution in [2.75, 3.05) is 17.2 Å². The van der Waals surface area contributed by atoms with Gasteiger partial charge in [-0.3, -0.25) is 14.2 Å². The van der Waals surface area contributed by atoms with Crippen molar-refractivity contribution in [1.82, 2.24) is 29.1 Å². The van der Waals surface area contributed by atoms with Crippen LogP contribution in [0.5, 0.6) is 0 Å². The molecule has 1 fully saturated rings. The van der Waals surface area contributed by atoms with E-state index in [0.29, 0.717) is 39.8 Å². The summed E-state index contributed by atoms with van der Waals surface area (Å²) < 4.78 is 3.10. The van der Waals surface area contributed by atoms with E-state index in [1.54, 1.807) is 22.9 Å². The second kappa shape index (κ2) is 7.41. The highest BCUT2D eigenvalue weighted by Gasteiger charge is 2.61. The molecule has 11 heteroatoms. The van der Waals surface area contributed by atoms with E-state index in [-0.39, 0.29) is 28.0 Å². The second-order valence-electron chi connectivity index (χ2n) is 9.77. The van der Waals surface area contributed by atoms with Gasteiger partial charge in [0.05, 0.1) is 16.2 Å². The molecule has 0 aliphatic carbocycles. The van der Waals surface area contributed by atoms with Gasteiger partial charge in [0.1, 0.15) is 22.3 Å². The minimum atomic E-state index is -0.872. The number of hydrogen-bond donors (Lipinski definition) is 2. The molecule has 1 atom stereocenters. The third-order valence-corrected chi connectivity index (χ3v) is 7.68. The van der Waals surface area contributed by atoms with Crippen LogP contribution in [0.3, 0.4) is 0 Å². The minimum absolute atomic E-state index is 0.0520.